The van der Waals surface area contributed by atoms with E-state index in [2.05, 4.69) is 92.4 Å². The standard InChI is InChI=1S/C83H134N16O20S/c1-18-49(15)68(80(115)86-40-65(102)89-63(42-120)79(114)96-61(83(118)119)36-47(11)12)98-77(112)60(38-53-28-24-21-25-29-53)95-82(117)69(50(16)19-2)99-76(111)59(37-52-26-22-20-23-27-52)94-74(109)57(34-45(7)8)91-70(105)51(17)87-78(113)62(41-100)88-64(101)39-85-72(107)56(33-44(5)6)92-75(110)58(35-46(9)10)93-73(108)55(30-31-66(103)104)90-81(116)67(48(13)14)97-71(106)54(84)32-43(3)4/h20-29,43-51,54-63,67-69,100,120H,18-19,30-42,84H2,1-17H3,(H,85,107)(H,86,115)(H,87,113)(H,88,101)(H,89,102)(H,90,116)(H,91,105)(H,92,110)(H,93,108)(H,94,109)(H,95,117)(H,96,114)(H,97,106)(H,98,112)(H,99,111)(H,103,104)(H,118,119)/t49-,50-,51-,54-,55-,56-,57-,58-,59-,60-,61-,62-,63-,67-,68-,69-/m0/s1. The second-order valence-corrected chi connectivity index (χ2v) is 33.4. The fourth-order valence-electron chi connectivity index (χ4n) is 12.5. The quantitative estimate of drug-likeness (QED) is 0.0394. The molecule has 36 nitrogen and oxygen atoms in total. The number of aliphatic carboxylic acids is 2. The summed E-state index contributed by atoms with van der Waals surface area (Å²) in [5, 5.41) is 68.2. The van der Waals surface area contributed by atoms with Gasteiger partial charge in [0.25, 0.3) is 0 Å². The van der Waals surface area contributed by atoms with Crippen molar-refractivity contribution in [3.63, 3.8) is 0 Å². The molecule has 672 valence electrons. The Hall–Kier alpha value is -10.3. The van der Waals surface area contributed by atoms with Gasteiger partial charge < -0.3 is 101 Å². The molecule has 15 amide bonds. The SMILES string of the molecule is CC[C@H](C)[C@H](NC(=O)[C@H](Cc1ccccc1)NC(=O)[C@@H](NC(=O)[C@H](Cc1ccccc1)NC(=O)[C@H](CC(C)C)NC(=O)[C@H](C)NC(=O)[C@H](CO)NC(=O)CNC(=O)[C@H](CC(C)C)NC(=O)[C@H](CC(C)C)NC(=O)[C@H](CCC(=O)O)NC(=O)[C@@H](NC(=O)[C@@H](N)CC(C)C)C(C)C)[C@@H](C)CC)C(=O)NCC(=O)N[C@@H](CS)C(=O)N[C@@H](CC(C)C)C(=O)O. The number of hydrogen-bond donors (Lipinski definition) is 20. The van der Waals surface area contributed by atoms with Gasteiger partial charge in [0, 0.05) is 25.0 Å². The molecule has 0 saturated carbocycles. The first-order valence-electron chi connectivity index (χ1n) is 41.2. The van der Waals surface area contributed by atoms with Crippen molar-refractivity contribution in [2.75, 3.05) is 25.4 Å². The van der Waals surface area contributed by atoms with E-state index < -0.39 is 235 Å². The first kappa shape index (κ1) is 106. The van der Waals surface area contributed by atoms with Gasteiger partial charge in [-0.15, -0.1) is 0 Å². The first-order chi connectivity index (χ1) is 56.2. The molecule has 0 unspecified atom stereocenters. The van der Waals surface area contributed by atoms with Gasteiger partial charge in [0.15, 0.2) is 0 Å². The highest BCUT2D eigenvalue weighted by molar-refractivity contribution is 7.80. The van der Waals surface area contributed by atoms with Crippen LogP contribution in [-0.4, -0.2) is 226 Å². The molecule has 0 bridgehead atoms. The Morgan fingerprint density at radius 3 is 1.09 bits per heavy atom. The van der Waals surface area contributed by atoms with E-state index in [1.54, 1.807) is 158 Å². The Kier molecular flexibility index (Phi) is 47.7. The van der Waals surface area contributed by atoms with Crippen molar-refractivity contribution in [1.82, 2.24) is 79.8 Å². The summed E-state index contributed by atoms with van der Waals surface area (Å²) in [5.41, 5.74) is 7.24. The van der Waals surface area contributed by atoms with Gasteiger partial charge in [-0.2, -0.15) is 12.6 Å². The first-order valence-corrected chi connectivity index (χ1v) is 41.9. The van der Waals surface area contributed by atoms with Crippen LogP contribution in [0.2, 0.25) is 0 Å². The number of hydrogen-bond acceptors (Lipinski definition) is 20. The summed E-state index contributed by atoms with van der Waals surface area (Å²) in [6.07, 6.45) is -0.181. The maximum atomic E-state index is 14.9. The van der Waals surface area contributed by atoms with Crippen LogP contribution < -0.4 is 85.5 Å². The molecule has 2 rings (SSSR count). The second-order valence-electron chi connectivity index (χ2n) is 33.1. The summed E-state index contributed by atoms with van der Waals surface area (Å²) < 4.78 is 0. The number of carbonyl (C=O) groups is 17. The van der Waals surface area contributed by atoms with Crippen molar-refractivity contribution in [3.8, 4) is 0 Å². The Morgan fingerprint density at radius 2 is 0.683 bits per heavy atom. The molecule has 0 aliphatic carbocycles. The van der Waals surface area contributed by atoms with Gasteiger partial charge in [-0.3, -0.25) is 76.7 Å². The Morgan fingerprint density at radius 1 is 0.350 bits per heavy atom. The van der Waals surface area contributed by atoms with Gasteiger partial charge in [-0.25, -0.2) is 4.79 Å². The highest BCUT2D eigenvalue weighted by atomic mass is 32.1. The molecule has 16 atom stereocenters. The van der Waals surface area contributed by atoms with Crippen LogP contribution in [0.4, 0.5) is 0 Å². The van der Waals surface area contributed by atoms with Crippen LogP contribution >= 0.6 is 12.6 Å². The van der Waals surface area contributed by atoms with Crippen molar-refractivity contribution in [1.29, 1.82) is 0 Å². The molecule has 37 heteroatoms. The van der Waals surface area contributed by atoms with E-state index in [-0.39, 0.29) is 73.9 Å². The molecule has 0 radical (unpaired) electrons. The predicted molar refractivity (Wildman–Crippen MR) is 452 cm³/mol. The van der Waals surface area contributed by atoms with Crippen LogP contribution in [0, 0.1) is 47.3 Å². The highest BCUT2D eigenvalue weighted by Gasteiger charge is 2.39. The van der Waals surface area contributed by atoms with E-state index in [1.807, 2.05) is 13.8 Å². The van der Waals surface area contributed by atoms with E-state index in [9.17, 15) is 96.8 Å². The zero-order chi connectivity index (χ0) is 91.0. The number of benzene rings is 2. The van der Waals surface area contributed by atoms with Crippen LogP contribution in [0.15, 0.2) is 60.7 Å². The lowest BCUT2D eigenvalue weighted by molar-refractivity contribution is -0.142. The normalized spacial score (nSPS) is 15.4. The zero-order valence-corrected chi connectivity index (χ0v) is 73.3. The number of carboxylic acid groups (broad SMARTS) is 2. The molecule has 0 aliphatic heterocycles. The van der Waals surface area contributed by atoms with Gasteiger partial charge in [0.2, 0.25) is 88.6 Å². The monoisotopic (exact) mass is 1710 g/mol. The van der Waals surface area contributed by atoms with Crippen molar-refractivity contribution in [2.45, 2.75) is 273 Å². The minimum Gasteiger partial charge on any atom is -0.481 e. The predicted octanol–water partition coefficient (Wildman–Crippen LogP) is 0.204. The Balaban J connectivity index is 2.37. The van der Waals surface area contributed by atoms with E-state index in [4.69, 9.17) is 5.73 Å². The van der Waals surface area contributed by atoms with E-state index in [0.29, 0.717) is 30.4 Å². The third kappa shape index (κ3) is 39.3. The number of nitrogens with one attached hydrogen (secondary N) is 15. The average molecular weight is 1710 g/mol. The molecule has 20 N–H and O–H groups in total. The molecule has 0 aliphatic rings. The summed E-state index contributed by atoms with van der Waals surface area (Å²) in [6, 6.07) is -1.74. The van der Waals surface area contributed by atoms with E-state index in [1.165, 1.54) is 6.92 Å². The maximum Gasteiger partial charge on any atom is 0.326 e. The minimum absolute atomic E-state index is 0.00206. The third-order valence-electron chi connectivity index (χ3n) is 19.6. The summed E-state index contributed by atoms with van der Waals surface area (Å²) in [5.74, 6) is -18.1. The number of thiol groups is 1. The summed E-state index contributed by atoms with van der Waals surface area (Å²) in [6.45, 7) is 26.8. The molecular formula is C83H134N16O20S. The maximum absolute atomic E-state index is 14.9. The second kappa shape index (κ2) is 54.1. The van der Waals surface area contributed by atoms with Crippen molar-refractivity contribution in [3.05, 3.63) is 71.8 Å². The van der Waals surface area contributed by atoms with Gasteiger partial charge in [-0.05, 0) is 104 Å². The molecule has 120 heavy (non-hydrogen) atoms. The lowest BCUT2D eigenvalue weighted by Crippen LogP contribution is -2.62. The highest BCUT2D eigenvalue weighted by Crippen LogP contribution is 2.18. The van der Waals surface area contributed by atoms with Gasteiger partial charge >= 0.3 is 11.9 Å². The topological polar surface area (TPSA) is 557 Å². The summed E-state index contributed by atoms with van der Waals surface area (Å²) in [7, 11) is 0. The number of carbonyl (C=O) groups excluding carboxylic acids is 15. The van der Waals surface area contributed by atoms with Crippen LogP contribution in [0.25, 0.3) is 0 Å². The largest absolute Gasteiger partial charge is 0.481 e. The fourth-order valence-corrected chi connectivity index (χ4v) is 12.8. The van der Waals surface area contributed by atoms with Crippen LogP contribution in [0.1, 0.15) is 187 Å². The molecular weight excluding hydrogens is 1570 g/mol. The van der Waals surface area contributed by atoms with Crippen molar-refractivity contribution >= 4 is 113 Å². The van der Waals surface area contributed by atoms with Crippen LogP contribution in [0.3, 0.4) is 0 Å². The lowest BCUT2D eigenvalue weighted by atomic mass is 9.95. The van der Waals surface area contributed by atoms with Gasteiger partial charge in [-0.1, -0.05) is 184 Å². The number of carboxylic acids is 2. The molecule has 0 heterocycles. The summed E-state index contributed by atoms with van der Waals surface area (Å²) in [4.78, 5) is 233. The fraction of sp³-hybridized carbons (Fsp3) is 0.651. The number of aliphatic hydroxyl groups excluding tert-OH is 1. The number of amides is 15. The molecule has 2 aromatic rings. The number of nitrogens with two attached hydrogens (primary N) is 1. The van der Waals surface area contributed by atoms with Crippen molar-refractivity contribution in [2.24, 2.45) is 53.1 Å². The Labute approximate surface area is 709 Å². The third-order valence-corrected chi connectivity index (χ3v) is 20.0. The van der Waals surface area contributed by atoms with Gasteiger partial charge in [0.05, 0.1) is 25.7 Å². The van der Waals surface area contributed by atoms with Crippen LogP contribution in [0.5, 0.6) is 0 Å². The van der Waals surface area contributed by atoms with Crippen LogP contribution in [-0.2, 0) is 94.3 Å². The molecule has 0 spiro atoms. The smallest absolute Gasteiger partial charge is 0.326 e. The van der Waals surface area contributed by atoms with Crippen molar-refractivity contribution < 1.29 is 96.8 Å². The van der Waals surface area contributed by atoms with E-state index in [0.717, 1.165) is 0 Å². The number of aliphatic hydroxyl groups is 1. The molecule has 0 aromatic heterocycles. The molecule has 2 aromatic carbocycles. The molecule has 0 saturated heterocycles. The lowest BCUT2D eigenvalue weighted by Gasteiger charge is -2.30. The number of rotatable bonds is 55. The molecule has 0 fully saturated rings. The van der Waals surface area contributed by atoms with Gasteiger partial charge in [0.1, 0.15) is 78.5 Å². The van der Waals surface area contributed by atoms with E-state index >= 15 is 0 Å². The summed E-state index contributed by atoms with van der Waals surface area (Å²) >= 11 is 4.16. The zero-order valence-electron chi connectivity index (χ0n) is 72.4. The average Bonchev–Trinajstić information content (AvgIpc) is 0.845. The minimum atomic E-state index is -1.72. The Bertz CT molecular complexity index is 3720.